The molecule has 3 aliphatic rings. The van der Waals surface area contributed by atoms with Crippen LogP contribution in [0, 0.1) is 5.21 Å². The number of aromatic hydroxyl groups is 2. The zero-order chi connectivity index (χ0) is 35.4. The maximum absolute atomic E-state index is 13.3. The number of hydroxylamine groups is 2. The predicted octanol–water partition coefficient (Wildman–Crippen LogP) is 2.64. The standard InChI is InChI=1S/C35H39NO13/c1-34(2,3)49-33(42)35(4)11-10-27(36(35)43)46-21-8-6-17(12-23(21)44-5)31-26(16-37)45-22-9-7-18(13-24(22)47-31)32-30(41)29(40)28-20(39)14-19(38)15-25(28)48-32/h6-9,12-15,26-27,30-32,36-39,41H,10-11,16H2,1-5H3. The normalized spacial score (nSPS) is 27.6. The van der Waals surface area contributed by atoms with Gasteiger partial charge in [0, 0.05) is 37.5 Å². The van der Waals surface area contributed by atoms with E-state index in [-0.39, 0.29) is 45.8 Å². The fourth-order valence-electron chi connectivity index (χ4n) is 6.26. The number of benzene rings is 3. The number of quaternary nitrogens is 1. The maximum Gasteiger partial charge on any atom is 0.368 e. The summed E-state index contributed by atoms with van der Waals surface area (Å²) in [5.41, 5.74) is -1.43. The molecular weight excluding hydrogens is 642 g/mol. The van der Waals surface area contributed by atoms with E-state index in [9.17, 15) is 35.2 Å². The van der Waals surface area contributed by atoms with E-state index in [0.29, 0.717) is 23.3 Å². The van der Waals surface area contributed by atoms with E-state index in [1.54, 1.807) is 58.0 Å². The molecule has 5 N–H and O–H groups in total. The molecule has 0 aromatic heterocycles. The van der Waals surface area contributed by atoms with Crippen LogP contribution in [0.25, 0.3) is 0 Å². The number of hydrogen-bond donors (Lipinski definition) is 5. The van der Waals surface area contributed by atoms with Crippen LogP contribution in [0.5, 0.6) is 40.2 Å². The summed E-state index contributed by atoms with van der Waals surface area (Å²) < 4.78 is 35.4. The number of nitrogens with one attached hydrogen (secondary N) is 1. The molecule has 0 spiro atoms. The van der Waals surface area contributed by atoms with E-state index < -0.39 is 65.9 Å². The molecule has 14 heteroatoms. The van der Waals surface area contributed by atoms with Gasteiger partial charge >= 0.3 is 5.97 Å². The van der Waals surface area contributed by atoms with Crippen LogP contribution in [-0.4, -0.2) is 75.5 Å². The highest BCUT2D eigenvalue weighted by Crippen LogP contribution is 2.46. The van der Waals surface area contributed by atoms with Crippen molar-refractivity contribution in [1.82, 2.24) is 0 Å². The summed E-state index contributed by atoms with van der Waals surface area (Å²) in [6.07, 6.45) is -4.87. The average molecular weight is 682 g/mol. The van der Waals surface area contributed by atoms with Crippen molar-refractivity contribution in [2.24, 2.45) is 0 Å². The van der Waals surface area contributed by atoms with Crippen molar-refractivity contribution in [3.05, 3.63) is 70.4 Å². The molecule has 262 valence electrons. The van der Waals surface area contributed by atoms with E-state index in [4.69, 9.17) is 28.4 Å². The van der Waals surface area contributed by atoms with Crippen molar-refractivity contribution < 1.29 is 63.5 Å². The van der Waals surface area contributed by atoms with Crippen molar-refractivity contribution in [2.75, 3.05) is 13.7 Å². The van der Waals surface area contributed by atoms with Gasteiger partial charge in [-0.2, -0.15) is 0 Å². The van der Waals surface area contributed by atoms with Crippen LogP contribution in [0.4, 0.5) is 0 Å². The van der Waals surface area contributed by atoms with Gasteiger partial charge in [-0.05, 0) is 50.6 Å². The third-order valence-electron chi connectivity index (χ3n) is 8.85. The van der Waals surface area contributed by atoms with E-state index in [2.05, 4.69) is 0 Å². The summed E-state index contributed by atoms with van der Waals surface area (Å²) in [6.45, 7) is 6.38. The number of aliphatic hydroxyl groups is 2. The minimum Gasteiger partial charge on any atom is -0.631 e. The Bertz CT molecular complexity index is 1770. The van der Waals surface area contributed by atoms with E-state index in [0.717, 1.165) is 6.07 Å². The molecule has 0 aliphatic carbocycles. The average Bonchev–Trinajstić information content (AvgIpc) is 3.34. The third kappa shape index (κ3) is 6.28. The summed E-state index contributed by atoms with van der Waals surface area (Å²) in [5.74, 6) is -1.22. The van der Waals surface area contributed by atoms with Crippen molar-refractivity contribution in [2.45, 2.75) is 82.3 Å². The van der Waals surface area contributed by atoms with Crippen molar-refractivity contribution in [3.63, 3.8) is 0 Å². The molecule has 7 unspecified atom stereocenters. The first kappa shape index (κ1) is 34.1. The number of esters is 1. The first-order valence-corrected chi connectivity index (χ1v) is 15.8. The fraction of sp³-hybridized carbons (Fsp3) is 0.429. The van der Waals surface area contributed by atoms with E-state index in [1.165, 1.54) is 19.2 Å². The number of carbonyl (C=O) groups is 2. The number of aliphatic hydroxyl groups excluding tert-OH is 2. The highest BCUT2D eigenvalue weighted by Gasteiger charge is 2.52. The molecule has 14 nitrogen and oxygen atoms in total. The predicted molar refractivity (Wildman–Crippen MR) is 170 cm³/mol. The summed E-state index contributed by atoms with van der Waals surface area (Å²) in [7, 11) is 1.44. The largest absolute Gasteiger partial charge is 0.631 e. The van der Waals surface area contributed by atoms with Crippen LogP contribution in [-0.2, 0) is 9.53 Å². The van der Waals surface area contributed by atoms with Gasteiger partial charge < -0.3 is 59.1 Å². The molecule has 0 saturated carbocycles. The molecule has 1 saturated heterocycles. The maximum atomic E-state index is 13.3. The summed E-state index contributed by atoms with van der Waals surface area (Å²) >= 11 is 0. The molecule has 0 amide bonds. The molecule has 7 atom stereocenters. The lowest BCUT2D eigenvalue weighted by atomic mass is 9.92. The van der Waals surface area contributed by atoms with Gasteiger partial charge in [0.2, 0.25) is 12.0 Å². The highest BCUT2D eigenvalue weighted by molar-refractivity contribution is 6.05. The van der Waals surface area contributed by atoms with Gasteiger partial charge in [0.05, 0.1) is 13.7 Å². The summed E-state index contributed by atoms with van der Waals surface area (Å²) in [6, 6.07) is 11.7. The summed E-state index contributed by atoms with van der Waals surface area (Å²) in [5, 5.41) is 54.1. The second-order valence-corrected chi connectivity index (χ2v) is 13.5. The highest BCUT2D eigenvalue weighted by atomic mass is 16.6. The lowest BCUT2D eigenvalue weighted by Crippen LogP contribution is -3.18. The fourth-order valence-corrected chi connectivity index (χ4v) is 6.26. The lowest BCUT2D eigenvalue weighted by molar-refractivity contribution is -0.920. The molecule has 6 rings (SSSR count). The topological polar surface area (TPSA) is 198 Å². The Balaban J connectivity index is 1.23. The SMILES string of the molecule is COc1cc(C2Oc3cc(C4Oc5cc(O)cc(O)c5C(=O)C4O)ccc3OC2CO)ccc1OC1CCC(C)(C(=O)OC(C)(C)C)[NH+]1[O-]. The molecule has 0 bridgehead atoms. The molecule has 3 heterocycles. The Morgan fingerprint density at radius 2 is 1.67 bits per heavy atom. The number of fused-ring (bicyclic) bond motifs is 2. The number of phenols is 2. The number of methoxy groups -OCH3 is 1. The van der Waals surface area contributed by atoms with Crippen LogP contribution in [0.15, 0.2) is 48.5 Å². The van der Waals surface area contributed by atoms with Crippen molar-refractivity contribution in [3.8, 4) is 40.2 Å². The van der Waals surface area contributed by atoms with Gasteiger partial charge in [0.25, 0.3) is 0 Å². The molecule has 0 radical (unpaired) electrons. The Labute approximate surface area is 281 Å². The minimum absolute atomic E-state index is 0.0888. The van der Waals surface area contributed by atoms with Gasteiger partial charge in [-0.1, -0.05) is 12.1 Å². The summed E-state index contributed by atoms with van der Waals surface area (Å²) in [4.78, 5) is 25.8. The Hall–Kier alpha value is -4.76. The van der Waals surface area contributed by atoms with E-state index in [1.807, 2.05) is 0 Å². The Morgan fingerprint density at radius 3 is 2.37 bits per heavy atom. The monoisotopic (exact) mass is 681 g/mol. The molecule has 3 aliphatic heterocycles. The number of ether oxygens (including phenoxy) is 6. The number of Topliss-reactive ketones (excluding diaryl/α,β-unsaturated/α-hetero) is 1. The first-order valence-electron chi connectivity index (χ1n) is 15.8. The molecule has 49 heavy (non-hydrogen) atoms. The van der Waals surface area contributed by atoms with Crippen LogP contribution in [0.1, 0.15) is 74.2 Å². The number of phenolic OH excluding ortho intramolecular Hbond substituents is 2. The van der Waals surface area contributed by atoms with Gasteiger partial charge in [-0.25, -0.2) is 4.79 Å². The van der Waals surface area contributed by atoms with Gasteiger partial charge in [-0.15, -0.1) is 0 Å². The Kier molecular flexibility index (Phi) is 8.77. The minimum atomic E-state index is -1.67. The van der Waals surface area contributed by atoms with Gasteiger partial charge in [0.15, 0.2) is 53.0 Å². The van der Waals surface area contributed by atoms with Crippen LogP contribution >= 0.6 is 0 Å². The quantitative estimate of drug-likeness (QED) is 0.180. The van der Waals surface area contributed by atoms with Gasteiger partial charge in [-0.3, -0.25) is 4.79 Å². The zero-order valence-corrected chi connectivity index (χ0v) is 27.6. The second kappa shape index (κ2) is 12.6. The second-order valence-electron chi connectivity index (χ2n) is 13.5. The van der Waals surface area contributed by atoms with Gasteiger partial charge in [0.1, 0.15) is 28.4 Å². The Morgan fingerprint density at radius 1 is 0.980 bits per heavy atom. The zero-order valence-electron chi connectivity index (χ0n) is 27.6. The third-order valence-corrected chi connectivity index (χ3v) is 8.85. The molecule has 3 aromatic carbocycles. The number of rotatable bonds is 7. The number of carbonyl (C=O) groups excluding carboxylic acids is 2. The molecule has 1 fully saturated rings. The number of hydrogen-bond acceptors (Lipinski definition) is 13. The lowest BCUT2D eigenvalue weighted by Gasteiger charge is -2.37. The van der Waals surface area contributed by atoms with Crippen molar-refractivity contribution in [1.29, 1.82) is 0 Å². The van der Waals surface area contributed by atoms with Crippen molar-refractivity contribution >= 4 is 11.8 Å². The molecular formula is C35H39NO13. The molecule has 3 aromatic rings. The van der Waals surface area contributed by atoms with Crippen LogP contribution < -0.4 is 28.7 Å². The first-order chi connectivity index (χ1) is 23.1. The van der Waals surface area contributed by atoms with Crippen LogP contribution in [0.2, 0.25) is 0 Å². The smallest absolute Gasteiger partial charge is 0.368 e. The number of ketones is 1. The van der Waals surface area contributed by atoms with Crippen LogP contribution in [0.3, 0.4) is 0 Å². The van der Waals surface area contributed by atoms with E-state index >= 15 is 0 Å².